The predicted molar refractivity (Wildman–Crippen MR) is 512 cm³/mol. The Morgan fingerprint density at radius 2 is 0.695 bits per heavy atom. The number of carbonyl (C=O) groups excluding carboxylic acids is 6. The van der Waals surface area contributed by atoms with Gasteiger partial charge in [-0.1, -0.05) is 117 Å². The van der Waals surface area contributed by atoms with Gasteiger partial charge in [0.2, 0.25) is 20.0 Å². The van der Waals surface area contributed by atoms with E-state index < -0.39 is 53.5 Å². The third kappa shape index (κ3) is 28.3. The van der Waals surface area contributed by atoms with E-state index in [4.69, 9.17) is 97.5 Å². The number of ether oxygens (including phenoxy) is 1. The van der Waals surface area contributed by atoms with Crippen molar-refractivity contribution in [1.82, 2.24) is 35.1 Å². The lowest BCUT2D eigenvalue weighted by Gasteiger charge is -2.23. The molecule has 0 aliphatic rings. The molecule has 8 aromatic carbocycles. The van der Waals surface area contributed by atoms with Crippen LogP contribution in [0.1, 0.15) is 76.0 Å². The second-order valence-corrected chi connectivity index (χ2v) is 37.6. The molecule has 13 aromatic rings. The Labute approximate surface area is 780 Å². The highest BCUT2D eigenvalue weighted by Gasteiger charge is 2.25. The molecule has 0 radical (unpaired) electrons. The molecule has 0 fully saturated rings. The number of amides is 6. The summed E-state index contributed by atoms with van der Waals surface area (Å²) >= 11 is 50.4. The van der Waals surface area contributed by atoms with Gasteiger partial charge in [-0.05, 0) is 220 Å². The van der Waals surface area contributed by atoms with Crippen LogP contribution < -0.4 is 40.5 Å². The Balaban J connectivity index is 0.000000178. The molecule has 0 unspecified atom stereocenters. The number of aromatic nitrogens is 5. The van der Waals surface area contributed by atoms with Crippen molar-refractivity contribution >= 4 is 192 Å². The number of sulfonamides is 2. The Bertz CT molecular complexity index is 6550. The highest BCUT2D eigenvalue weighted by molar-refractivity contribution is 7.92. The fraction of sp³-hybridized carbons (Fsp3) is 0.143. The molecule has 37 heteroatoms. The van der Waals surface area contributed by atoms with Crippen LogP contribution >= 0.6 is 92.8 Å². The zero-order valence-electron chi connectivity index (χ0n) is 68.9. The van der Waals surface area contributed by atoms with E-state index in [1.165, 1.54) is 76.4 Å². The number of pyridine rings is 4. The van der Waals surface area contributed by atoms with Crippen LogP contribution in [0.25, 0.3) is 45.0 Å². The van der Waals surface area contributed by atoms with E-state index >= 15 is 0 Å². The molecule has 0 saturated carbocycles. The average molecular weight is 1940 g/mol. The van der Waals surface area contributed by atoms with Gasteiger partial charge in [-0.25, -0.2) is 25.3 Å². The van der Waals surface area contributed by atoms with Crippen LogP contribution in [0, 0.1) is 0 Å². The fourth-order valence-corrected chi connectivity index (χ4v) is 16.3. The van der Waals surface area contributed by atoms with E-state index in [-0.39, 0.29) is 97.8 Å². The summed E-state index contributed by atoms with van der Waals surface area (Å²) in [6.07, 6.45) is 13.7. The number of nitrogens with zero attached hydrogens (tertiary/aromatic N) is 7. The lowest BCUT2D eigenvalue weighted by Crippen LogP contribution is -2.33. The van der Waals surface area contributed by atoms with E-state index in [0.29, 0.717) is 111 Å². The normalized spacial score (nSPS) is 11.1. The standard InChI is InChI=1S/C25H22Cl2N4O3S.C22H21Cl2N3O4S.C22H19Cl2N3O4S.C22H19Cl2N3O2/c1-35(33,34)31(15-14-30-12-4-5-13-30)19-8-9-20(23(27)17-19)25(32)29-18-7-10-22(26)21(16-18)24-6-2-3-11-28-24;1-31-12-11-27(32(2,29)30)16-7-8-17(20(24)14-16)22(28)26-15-6-9-19(23)18(13-15)21-5-3-4-10-25-21;1-32(30,31)11-10-26-21(28)14-5-7-16(19(24)12-14)22(29)27-15-6-8-18(23)17(13-15)20-4-2-3-9-25-20;1-13(2)26-21(28)14-6-8-16(19(24)11-14)22(29)27-15-7-9-18(23)17(12-15)20-5-3-4-10-25-20/h2-13,16-17H,14-15H2,1H3,(H,29,32);3-10,13-14H,11-12H2,1-2H3,(H,26,28);2-9,12-13H,10-11H2,1H3,(H,26,28)(H,27,29);3-13H,1-2H3,(H,26,28)(H,27,29). The fourth-order valence-electron chi connectivity index (χ4n) is 12.1. The van der Waals surface area contributed by atoms with Gasteiger partial charge in [0, 0.05) is 126 Å². The van der Waals surface area contributed by atoms with Gasteiger partial charge in [0.1, 0.15) is 9.84 Å². The van der Waals surface area contributed by atoms with Crippen molar-refractivity contribution in [3.05, 3.63) is 341 Å². The van der Waals surface area contributed by atoms with Gasteiger partial charge in [0.05, 0.1) is 135 Å². The quantitative estimate of drug-likeness (QED) is 0.0265. The van der Waals surface area contributed by atoms with Gasteiger partial charge in [0.15, 0.2) is 0 Å². The molecule has 13 rings (SSSR count). The van der Waals surface area contributed by atoms with Crippen LogP contribution in [0.3, 0.4) is 0 Å². The van der Waals surface area contributed by atoms with E-state index in [1.54, 1.807) is 128 Å². The van der Waals surface area contributed by atoms with Gasteiger partial charge in [-0.2, -0.15) is 0 Å². The van der Waals surface area contributed by atoms with Crippen LogP contribution in [0.4, 0.5) is 34.1 Å². The SMILES string of the molecule is CC(C)NC(=O)c1ccc(C(=O)Nc2ccc(Cl)c(-c3ccccn3)c2)c(Cl)c1.COCCN(c1ccc(C(=O)Nc2ccc(Cl)c(-c3ccccn3)c2)c(Cl)c1)S(C)(=O)=O.CS(=O)(=O)CCNC(=O)c1ccc(C(=O)Nc2ccc(Cl)c(-c3ccccn3)c2)c(Cl)c1.CS(=O)(=O)N(CCn1cccc1)c1ccc(C(=O)Nc2ccc(Cl)c(-c3ccccn3)c2)c(Cl)c1. The maximum absolute atomic E-state index is 12.9. The maximum Gasteiger partial charge on any atom is 0.257 e. The number of halogens is 8. The van der Waals surface area contributed by atoms with Crippen LogP contribution in [0.5, 0.6) is 0 Å². The van der Waals surface area contributed by atoms with Gasteiger partial charge in [-0.3, -0.25) is 57.3 Å². The monoisotopic (exact) mass is 1940 g/mol. The van der Waals surface area contributed by atoms with Crippen LogP contribution in [-0.2, 0) is 41.2 Å². The Morgan fingerprint density at radius 3 is 0.984 bits per heavy atom. The first-order valence-corrected chi connectivity index (χ1v) is 47.3. The summed E-state index contributed by atoms with van der Waals surface area (Å²) in [7, 11) is -8.81. The minimum atomic E-state index is -3.56. The minimum Gasteiger partial charge on any atom is -0.383 e. The van der Waals surface area contributed by atoms with Crippen molar-refractivity contribution in [3.63, 3.8) is 0 Å². The molecule has 0 saturated heterocycles. The third-order valence-electron chi connectivity index (χ3n) is 18.3. The number of carbonyl (C=O) groups is 6. The first-order chi connectivity index (χ1) is 60.9. The maximum atomic E-state index is 12.9. The number of nitrogens with one attached hydrogen (secondary N) is 6. The number of hydrogen-bond acceptors (Lipinski definition) is 17. The molecule has 0 spiro atoms. The second-order valence-electron chi connectivity index (χ2n) is 28.3. The van der Waals surface area contributed by atoms with Crippen molar-refractivity contribution in [3.8, 4) is 45.0 Å². The van der Waals surface area contributed by atoms with Gasteiger partial charge in [-0.15, -0.1) is 0 Å². The Morgan fingerprint density at radius 1 is 0.375 bits per heavy atom. The zero-order valence-corrected chi connectivity index (χ0v) is 77.4. The van der Waals surface area contributed by atoms with Gasteiger partial charge >= 0.3 is 0 Å². The van der Waals surface area contributed by atoms with E-state index in [2.05, 4.69) is 51.8 Å². The summed E-state index contributed by atoms with van der Waals surface area (Å²) in [6.45, 7) is 4.73. The summed E-state index contributed by atoms with van der Waals surface area (Å²) in [6, 6.07) is 63.8. The predicted octanol–water partition coefficient (Wildman–Crippen LogP) is 19.8. The molecule has 0 bridgehead atoms. The molecule has 0 aliphatic heterocycles. The lowest BCUT2D eigenvalue weighted by atomic mass is 10.1. The Hall–Kier alpha value is -11.8. The molecule has 0 aliphatic carbocycles. The van der Waals surface area contributed by atoms with E-state index in [1.807, 2.05) is 97.5 Å². The number of methoxy groups -OCH3 is 1. The third-order valence-corrected chi connectivity index (χ3v) is 24.2. The molecule has 5 aromatic heterocycles. The van der Waals surface area contributed by atoms with Crippen LogP contribution in [0.15, 0.2) is 268 Å². The van der Waals surface area contributed by atoms with Gasteiger partial charge in [0.25, 0.3) is 35.4 Å². The molecule has 26 nitrogen and oxygen atoms in total. The minimum absolute atomic E-state index is 0.00227. The second kappa shape index (κ2) is 45.8. The van der Waals surface area contributed by atoms with Crippen molar-refractivity contribution in [2.45, 2.75) is 26.4 Å². The topological polar surface area (TPSA) is 349 Å². The summed E-state index contributed by atoms with van der Waals surface area (Å²) in [5, 5.41) is 19.0. The molecule has 6 amide bonds. The van der Waals surface area contributed by atoms with Crippen molar-refractivity contribution < 1.29 is 58.8 Å². The Kier molecular flexibility index (Phi) is 35.2. The van der Waals surface area contributed by atoms with E-state index in [0.717, 1.165) is 18.8 Å². The molecular formula is C91H81Cl8N13O13S3. The number of benzene rings is 8. The van der Waals surface area contributed by atoms with Crippen molar-refractivity contribution in [2.24, 2.45) is 0 Å². The molecule has 662 valence electrons. The lowest BCUT2D eigenvalue weighted by molar-refractivity contribution is 0.0938. The molecule has 0 atom stereocenters. The summed E-state index contributed by atoms with van der Waals surface area (Å²) in [5.74, 6) is -2.64. The molecule has 6 N–H and O–H groups in total. The first kappa shape index (κ1) is 98.4. The molecular weight excluding hydrogens is 1860 g/mol. The number of sulfone groups is 1. The van der Waals surface area contributed by atoms with Gasteiger partial charge < -0.3 is 41.2 Å². The first-order valence-electron chi connectivity index (χ1n) is 38.5. The summed E-state index contributed by atoms with van der Waals surface area (Å²) < 4.78 is 80.7. The van der Waals surface area contributed by atoms with Crippen molar-refractivity contribution in [1.29, 1.82) is 0 Å². The number of rotatable bonds is 28. The number of anilines is 6. The van der Waals surface area contributed by atoms with Crippen LogP contribution in [0.2, 0.25) is 40.2 Å². The molecule has 128 heavy (non-hydrogen) atoms. The highest BCUT2D eigenvalue weighted by atomic mass is 35.5. The summed E-state index contributed by atoms with van der Waals surface area (Å²) in [4.78, 5) is 92.6. The molecule has 5 heterocycles. The summed E-state index contributed by atoms with van der Waals surface area (Å²) in [5.41, 5.74) is 9.70. The smallest absolute Gasteiger partial charge is 0.257 e. The largest absolute Gasteiger partial charge is 0.383 e. The zero-order chi connectivity index (χ0) is 92.6. The average Bonchev–Trinajstić information content (AvgIpc) is 0.983. The van der Waals surface area contributed by atoms with E-state index in [9.17, 15) is 54.0 Å². The van der Waals surface area contributed by atoms with Crippen molar-refractivity contribution in [2.75, 3.05) is 87.7 Å². The highest BCUT2D eigenvalue weighted by Crippen LogP contribution is 2.36. The number of hydrogen-bond donors (Lipinski definition) is 6. The van der Waals surface area contributed by atoms with Crippen LogP contribution in [-0.4, -0.2) is 149 Å².